The van der Waals surface area contributed by atoms with Crippen molar-refractivity contribution in [1.29, 1.82) is 0 Å². The molecule has 0 bridgehead atoms. The molecule has 1 N–H and O–H groups in total. The van der Waals surface area contributed by atoms with E-state index in [1.807, 2.05) is 17.8 Å². The van der Waals surface area contributed by atoms with Crippen molar-refractivity contribution < 1.29 is 4.42 Å². The normalized spacial score (nSPS) is 11.1. The molecular formula is C16H21NOS. The fraction of sp³-hybridized carbons (Fsp3) is 0.375. The van der Waals surface area contributed by atoms with Crippen molar-refractivity contribution in [2.75, 3.05) is 12.3 Å². The van der Waals surface area contributed by atoms with Crippen LogP contribution < -0.4 is 5.32 Å². The highest BCUT2D eigenvalue weighted by atomic mass is 32.2. The molecule has 0 aliphatic rings. The lowest BCUT2D eigenvalue weighted by Gasteiger charge is -2.07. The first kappa shape index (κ1) is 14.2. The molecule has 0 spiro atoms. The molecule has 0 saturated carbocycles. The molecule has 19 heavy (non-hydrogen) atoms. The Morgan fingerprint density at radius 1 is 1.16 bits per heavy atom. The molecule has 0 fully saturated rings. The van der Waals surface area contributed by atoms with E-state index < -0.39 is 0 Å². The zero-order valence-electron chi connectivity index (χ0n) is 11.6. The largest absolute Gasteiger partial charge is 0.472 e. The Balaban J connectivity index is 1.65. The van der Waals surface area contributed by atoms with Crippen molar-refractivity contribution in [2.45, 2.75) is 31.2 Å². The van der Waals surface area contributed by atoms with Crippen LogP contribution in [0, 0.1) is 0 Å². The molecule has 0 atom stereocenters. The molecule has 0 saturated heterocycles. The quantitative estimate of drug-likeness (QED) is 0.603. The average Bonchev–Trinajstić information content (AvgIpc) is 2.92. The van der Waals surface area contributed by atoms with Gasteiger partial charge in [-0.25, -0.2) is 0 Å². The molecule has 0 aliphatic heterocycles. The molecule has 2 rings (SSSR count). The smallest absolute Gasteiger partial charge is 0.0947 e. The van der Waals surface area contributed by atoms with E-state index in [1.54, 1.807) is 12.5 Å². The van der Waals surface area contributed by atoms with Crippen LogP contribution in [0.4, 0.5) is 0 Å². The number of nitrogens with one attached hydrogen (secondary N) is 1. The molecule has 0 unspecified atom stereocenters. The first-order chi connectivity index (χ1) is 9.25. The second kappa shape index (κ2) is 7.41. The Bertz CT molecular complexity index is 462. The zero-order chi connectivity index (χ0) is 13.5. The van der Waals surface area contributed by atoms with Gasteiger partial charge in [0.2, 0.25) is 0 Å². The summed E-state index contributed by atoms with van der Waals surface area (Å²) in [5.41, 5.74) is 2.61. The monoisotopic (exact) mass is 275 g/mol. The lowest BCUT2D eigenvalue weighted by atomic mass is 10.0. The summed E-state index contributed by atoms with van der Waals surface area (Å²) in [5, 5.41) is 3.41. The van der Waals surface area contributed by atoms with Crippen LogP contribution in [-0.2, 0) is 6.54 Å². The number of hydrogen-bond donors (Lipinski definition) is 1. The molecule has 0 aliphatic carbocycles. The maximum Gasteiger partial charge on any atom is 0.0947 e. The summed E-state index contributed by atoms with van der Waals surface area (Å²) < 4.78 is 5.03. The Hall–Kier alpha value is -1.19. The third-order valence-electron chi connectivity index (χ3n) is 3.00. The van der Waals surface area contributed by atoms with Crippen LogP contribution in [0.25, 0.3) is 0 Å². The van der Waals surface area contributed by atoms with Gasteiger partial charge in [-0.05, 0) is 29.7 Å². The maximum atomic E-state index is 5.03. The summed E-state index contributed by atoms with van der Waals surface area (Å²) in [4.78, 5) is 1.34. The SMILES string of the molecule is CC(C)c1ccc(SCCNCc2ccoc2)cc1. The van der Waals surface area contributed by atoms with Crippen LogP contribution in [0.1, 0.15) is 30.9 Å². The Morgan fingerprint density at radius 2 is 1.95 bits per heavy atom. The van der Waals surface area contributed by atoms with Gasteiger partial charge in [-0.15, -0.1) is 11.8 Å². The molecule has 2 aromatic rings. The van der Waals surface area contributed by atoms with Gasteiger partial charge < -0.3 is 9.73 Å². The molecule has 1 aromatic carbocycles. The maximum absolute atomic E-state index is 5.03. The van der Waals surface area contributed by atoms with E-state index in [0.29, 0.717) is 5.92 Å². The van der Waals surface area contributed by atoms with Crippen LogP contribution in [-0.4, -0.2) is 12.3 Å². The molecule has 0 radical (unpaired) electrons. The first-order valence-corrected chi connectivity index (χ1v) is 7.69. The Kier molecular flexibility index (Phi) is 5.55. The number of rotatable bonds is 7. The topological polar surface area (TPSA) is 25.2 Å². The summed E-state index contributed by atoms with van der Waals surface area (Å²) in [6.07, 6.45) is 3.49. The van der Waals surface area contributed by atoms with Gasteiger partial charge >= 0.3 is 0 Å². The van der Waals surface area contributed by atoms with E-state index in [-0.39, 0.29) is 0 Å². The standard InChI is InChI=1S/C16H21NOS/c1-13(2)15-3-5-16(6-4-15)19-10-8-17-11-14-7-9-18-12-14/h3-7,9,12-13,17H,8,10-11H2,1-2H3. The van der Waals surface area contributed by atoms with Crippen molar-refractivity contribution in [1.82, 2.24) is 5.32 Å². The Labute approximate surface area is 119 Å². The van der Waals surface area contributed by atoms with E-state index in [9.17, 15) is 0 Å². The summed E-state index contributed by atoms with van der Waals surface area (Å²) >= 11 is 1.89. The van der Waals surface area contributed by atoms with Crippen LogP contribution in [0.3, 0.4) is 0 Å². The predicted molar refractivity (Wildman–Crippen MR) is 81.7 cm³/mol. The van der Waals surface area contributed by atoms with E-state index in [1.165, 1.54) is 16.0 Å². The average molecular weight is 275 g/mol. The molecule has 3 heteroatoms. The van der Waals surface area contributed by atoms with Gasteiger partial charge in [-0.2, -0.15) is 0 Å². The van der Waals surface area contributed by atoms with Crippen molar-refractivity contribution in [2.24, 2.45) is 0 Å². The van der Waals surface area contributed by atoms with Gasteiger partial charge in [0.15, 0.2) is 0 Å². The van der Waals surface area contributed by atoms with Crippen molar-refractivity contribution >= 4 is 11.8 Å². The highest BCUT2D eigenvalue weighted by Crippen LogP contribution is 2.21. The zero-order valence-corrected chi connectivity index (χ0v) is 12.4. The van der Waals surface area contributed by atoms with Gasteiger partial charge in [0.05, 0.1) is 12.5 Å². The third kappa shape index (κ3) is 4.77. The van der Waals surface area contributed by atoms with E-state index >= 15 is 0 Å². The van der Waals surface area contributed by atoms with Crippen LogP contribution in [0.2, 0.25) is 0 Å². The first-order valence-electron chi connectivity index (χ1n) is 6.70. The number of thioether (sulfide) groups is 1. The number of furan rings is 1. The summed E-state index contributed by atoms with van der Waals surface area (Å²) in [7, 11) is 0. The number of hydrogen-bond acceptors (Lipinski definition) is 3. The van der Waals surface area contributed by atoms with Gasteiger partial charge in [0.1, 0.15) is 0 Å². The van der Waals surface area contributed by atoms with Crippen molar-refractivity contribution in [3.8, 4) is 0 Å². The lowest BCUT2D eigenvalue weighted by molar-refractivity contribution is 0.561. The summed E-state index contributed by atoms with van der Waals surface area (Å²) in [5.74, 6) is 1.69. The molecule has 2 nitrogen and oxygen atoms in total. The second-order valence-corrected chi connectivity index (χ2v) is 6.05. The Morgan fingerprint density at radius 3 is 2.58 bits per heavy atom. The minimum absolute atomic E-state index is 0.607. The minimum Gasteiger partial charge on any atom is -0.472 e. The molecule has 1 aromatic heterocycles. The van der Waals surface area contributed by atoms with Gasteiger partial charge in [0, 0.05) is 29.3 Å². The second-order valence-electron chi connectivity index (χ2n) is 4.88. The van der Waals surface area contributed by atoms with Gasteiger partial charge in [-0.3, -0.25) is 0 Å². The molecule has 102 valence electrons. The summed E-state index contributed by atoms with van der Waals surface area (Å²) in [6, 6.07) is 10.9. The van der Waals surface area contributed by atoms with E-state index in [4.69, 9.17) is 4.42 Å². The van der Waals surface area contributed by atoms with E-state index in [2.05, 4.69) is 43.4 Å². The van der Waals surface area contributed by atoms with Crippen LogP contribution >= 0.6 is 11.8 Å². The fourth-order valence-corrected chi connectivity index (χ4v) is 2.63. The van der Waals surface area contributed by atoms with Crippen molar-refractivity contribution in [3.63, 3.8) is 0 Å². The summed E-state index contributed by atoms with van der Waals surface area (Å²) in [6.45, 7) is 6.33. The van der Waals surface area contributed by atoms with Crippen molar-refractivity contribution in [3.05, 3.63) is 54.0 Å². The van der Waals surface area contributed by atoms with Crippen LogP contribution in [0.15, 0.2) is 52.2 Å². The lowest BCUT2D eigenvalue weighted by Crippen LogP contribution is -2.15. The fourth-order valence-electron chi connectivity index (χ4n) is 1.82. The van der Waals surface area contributed by atoms with E-state index in [0.717, 1.165) is 18.8 Å². The predicted octanol–water partition coefficient (Wildman–Crippen LogP) is 4.28. The number of benzene rings is 1. The molecule has 1 heterocycles. The molecular weight excluding hydrogens is 254 g/mol. The molecule has 0 amide bonds. The van der Waals surface area contributed by atoms with Gasteiger partial charge in [-0.1, -0.05) is 26.0 Å². The third-order valence-corrected chi connectivity index (χ3v) is 4.02. The minimum atomic E-state index is 0.607. The van der Waals surface area contributed by atoms with Gasteiger partial charge in [0.25, 0.3) is 0 Å². The highest BCUT2D eigenvalue weighted by molar-refractivity contribution is 7.99. The van der Waals surface area contributed by atoms with Crippen LogP contribution in [0.5, 0.6) is 0 Å². The highest BCUT2D eigenvalue weighted by Gasteiger charge is 1.99.